The molecule has 18 heavy (non-hydrogen) atoms. The molecule has 0 aliphatic rings. The molecule has 1 unspecified atom stereocenters. The third-order valence-corrected chi connectivity index (χ3v) is 3.65. The van der Waals surface area contributed by atoms with Crippen molar-refractivity contribution in [2.45, 2.75) is 85.2 Å². The van der Waals surface area contributed by atoms with Crippen molar-refractivity contribution in [1.29, 1.82) is 0 Å². The lowest BCUT2D eigenvalue weighted by molar-refractivity contribution is 0.210. The summed E-state index contributed by atoms with van der Waals surface area (Å²) in [5.74, 6) is 0. The summed E-state index contributed by atoms with van der Waals surface area (Å²) < 4.78 is 0. The normalized spacial score (nSPS) is 14.2. The molecule has 0 aliphatic heterocycles. The predicted octanol–water partition coefficient (Wildman–Crippen LogP) is 4.06. The first kappa shape index (κ1) is 17.9. The summed E-state index contributed by atoms with van der Waals surface area (Å²) >= 11 is 0. The highest BCUT2D eigenvalue weighted by atomic mass is 15.1. The molecule has 0 rings (SSSR count). The van der Waals surface area contributed by atoms with Gasteiger partial charge in [-0.05, 0) is 66.6 Å². The number of nitrogens with zero attached hydrogens (tertiary/aromatic N) is 1. The van der Waals surface area contributed by atoms with Crippen molar-refractivity contribution in [2.24, 2.45) is 0 Å². The third kappa shape index (κ3) is 9.90. The summed E-state index contributed by atoms with van der Waals surface area (Å²) in [6.07, 6.45) is 6.67. The first-order chi connectivity index (χ1) is 8.40. The molecular formula is C16H36N2. The smallest absolute Gasteiger partial charge is 0.00965 e. The Bertz CT molecular complexity index is 184. The molecule has 0 amide bonds. The lowest BCUT2D eigenvalue weighted by Gasteiger charge is -2.26. The van der Waals surface area contributed by atoms with Gasteiger partial charge in [-0.1, -0.05) is 26.7 Å². The fraction of sp³-hybridized carbons (Fsp3) is 1.00. The van der Waals surface area contributed by atoms with Gasteiger partial charge in [-0.25, -0.2) is 0 Å². The van der Waals surface area contributed by atoms with Crippen molar-refractivity contribution in [3.05, 3.63) is 0 Å². The molecule has 2 nitrogen and oxygen atoms in total. The van der Waals surface area contributed by atoms with Gasteiger partial charge in [0.1, 0.15) is 0 Å². The Morgan fingerprint density at radius 1 is 1.00 bits per heavy atom. The Hall–Kier alpha value is -0.0800. The summed E-state index contributed by atoms with van der Waals surface area (Å²) in [6, 6.07) is 0.748. The van der Waals surface area contributed by atoms with Crippen molar-refractivity contribution in [3.63, 3.8) is 0 Å². The SMILES string of the molecule is CCC(C)N(CC)CCCCCCNC(C)(C)C. The van der Waals surface area contributed by atoms with Crippen LogP contribution in [-0.4, -0.2) is 36.1 Å². The van der Waals surface area contributed by atoms with Crippen LogP contribution in [0, 0.1) is 0 Å². The number of hydrogen-bond acceptors (Lipinski definition) is 2. The maximum atomic E-state index is 3.55. The molecule has 0 aliphatic carbocycles. The van der Waals surface area contributed by atoms with Gasteiger partial charge in [0.2, 0.25) is 0 Å². The van der Waals surface area contributed by atoms with Crippen LogP contribution in [-0.2, 0) is 0 Å². The quantitative estimate of drug-likeness (QED) is 0.593. The molecule has 0 heterocycles. The van der Waals surface area contributed by atoms with Gasteiger partial charge in [0.15, 0.2) is 0 Å². The van der Waals surface area contributed by atoms with Crippen LogP contribution in [0.3, 0.4) is 0 Å². The zero-order chi connectivity index (χ0) is 14.0. The summed E-state index contributed by atoms with van der Waals surface area (Å²) in [4.78, 5) is 2.60. The number of nitrogens with one attached hydrogen (secondary N) is 1. The highest BCUT2D eigenvalue weighted by Crippen LogP contribution is 2.07. The molecule has 1 N–H and O–H groups in total. The van der Waals surface area contributed by atoms with Crippen molar-refractivity contribution >= 4 is 0 Å². The van der Waals surface area contributed by atoms with Gasteiger partial charge < -0.3 is 10.2 Å². The van der Waals surface area contributed by atoms with Gasteiger partial charge in [-0.3, -0.25) is 0 Å². The van der Waals surface area contributed by atoms with Crippen molar-refractivity contribution < 1.29 is 0 Å². The summed E-state index contributed by atoms with van der Waals surface area (Å²) in [5.41, 5.74) is 0.273. The Morgan fingerprint density at radius 2 is 1.61 bits per heavy atom. The summed E-state index contributed by atoms with van der Waals surface area (Å²) in [5, 5.41) is 3.55. The molecule has 0 aromatic heterocycles. The number of unbranched alkanes of at least 4 members (excludes halogenated alkanes) is 3. The van der Waals surface area contributed by atoms with Crippen molar-refractivity contribution in [1.82, 2.24) is 10.2 Å². The van der Waals surface area contributed by atoms with Crippen LogP contribution in [0.4, 0.5) is 0 Å². The topological polar surface area (TPSA) is 15.3 Å². The molecule has 0 aromatic rings. The predicted molar refractivity (Wildman–Crippen MR) is 83.2 cm³/mol. The van der Waals surface area contributed by atoms with Gasteiger partial charge in [0.05, 0.1) is 0 Å². The highest BCUT2D eigenvalue weighted by molar-refractivity contribution is 4.69. The minimum Gasteiger partial charge on any atom is -0.312 e. The zero-order valence-electron chi connectivity index (χ0n) is 13.7. The van der Waals surface area contributed by atoms with E-state index in [0.717, 1.165) is 12.6 Å². The van der Waals surface area contributed by atoms with Crippen LogP contribution in [0.2, 0.25) is 0 Å². The molecule has 0 saturated heterocycles. The summed E-state index contributed by atoms with van der Waals surface area (Å²) in [6.45, 7) is 17.2. The fourth-order valence-corrected chi connectivity index (χ4v) is 2.21. The average Bonchev–Trinajstić information content (AvgIpc) is 2.30. The lowest BCUT2D eigenvalue weighted by atomic mass is 10.1. The average molecular weight is 256 g/mol. The second kappa shape index (κ2) is 9.80. The van der Waals surface area contributed by atoms with Crippen LogP contribution in [0.25, 0.3) is 0 Å². The second-order valence-corrected chi connectivity index (χ2v) is 6.48. The number of rotatable bonds is 10. The first-order valence-corrected chi connectivity index (χ1v) is 7.89. The molecule has 0 bridgehead atoms. The Morgan fingerprint density at radius 3 is 2.11 bits per heavy atom. The van der Waals surface area contributed by atoms with E-state index >= 15 is 0 Å². The minimum absolute atomic E-state index is 0.273. The molecular weight excluding hydrogens is 220 g/mol. The van der Waals surface area contributed by atoms with Crippen molar-refractivity contribution in [2.75, 3.05) is 19.6 Å². The Labute approximate surface area is 116 Å². The standard InChI is InChI=1S/C16H36N2/c1-7-15(3)18(8-2)14-12-10-9-11-13-17-16(4,5)6/h15,17H,7-14H2,1-6H3. The van der Waals surface area contributed by atoms with Crippen LogP contribution >= 0.6 is 0 Å². The molecule has 2 heteroatoms. The van der Waals surface area contributed by atoms with Gasteiger partial charge in [0, 0.05) is 11.6 Å². The monoisotopic (exact) mass is 256 g/mol. The minimum atomic E-state index is 0.273. The Kier molecular flexibility index (Phi) is 9.76. The molecule has 1 atom stereocenters. The summed E-state index contributed by atoms with van der Waals surface area (Å²) in [7, 11) is 0. The Balaban J connectivity index is 3.44. The molecule has 110 valence electrons. The zero-order valence-corrected chi connectivity index (χ0v) is 13.7. The molecule has 0 radical (unpaired) electrons. The van der Waals surface area contributed by atoms with E-state index in [1.807, 2.05) is 0 Å². The largest absolute Gasteiger partial charge is 0.312 e. The maximum Gasteiger partial charge on any atom is 0.00965 e. The highest BCUT2D eigenvalue weighted by Gasteiger charge is 2.09. The van der Waals surface area contributed by atoms with Gasteiger partial charge >= 0.3 is 0 Å². The van der Waals surface area contributed by atoms with E-state index in [-0.39, 0.29) is 5.54 Å². The molecule has 0 spiro atoms. The van der Waals surface area contributed by atoms with E-state index < -0.39 is 0 Å². The van der Waals surface area contributed by atoms with Gasteiger partial charge in [-0.15, -0.1) is 0 Å². The second-order valence-electron chi connectivity index (χ2n) is 6.48. The van der Waals surface area contributed by atoms with E-state index in [1.165, 1.54) is 45.2 Å². The van der Waals surface area contributed by atoms with Crippen molar-refractivity contribution in [3.8, 4) is 0 Å². The molecule has 0 aromatic carbocycles. The van der Waals surface area contributed by atoms with Gasteiger partial charge in [0.25, 0.3) is 0 Å². The van der Waals surface area contributed by atoms with E-state index in [2.05, 4.69) is 51.8 Å². The first-order valence-electron chi connectivity index (χ1n) is 7.89. The van der Waals surface area contributed by atoms with Crippen LogP contribution < -0.4 is 5.32 Å². The van der Waals surface area contributed by atoms with Crippen LogP contribution in [0.15, 0.2) is 0 Å². The van der Waals surface area contributed by atoms with E-state index in [1.54, 1.807) is 0 Å². The van der Waals surface area contributed by atoms with E-state index in [4.69, 9.17) is 0 Å². The fourth-order valence-electron chi connectivity index (χ4n) is 2.21. The number of hydrogen-bond donors (Lipinski definition) is 1. The lowest BCUT2D eigenvalue weighted by Crippen LogP contribution is -2.36. The van der Waals surface area contributed by atoms with Gasteiger partial charge in [-0.2, -0.15) is 0 Å². The van der Waals surface area contributed by atoms with Crippen LogP contribution in [0.5, 0.6) is 0 Å². The van der Waals surface area contributed by atoms with Crippen LogP contribution in [0.1, 0.15) is 73.6 Å². The maximum absolute atomic E-state index is 3.55. The molecule has 0 saturated carbocycles. The van der Waals surface area contributed by atoms with E-state index in [0.29, 0.717) is 0 Å². The van der Waals surface area contributed by atoms with E-state index in [9.17, 15) is 0 Å². The molecule has 0 fully saturated rings. The third-order valence-electron chi connectivity index (χ3n) is 3.65.